The Morgan fingerprint density at radius 2 is 1.85 bits per heavy atom. The Morgan fingerprint density at radius 3 is 2.52 bits per heavy atom. The van der Waals surface area contributed by atoms with E-state index in [1.54, 1.807) is 48.8 Å². The number of nitrogens with one attached hydrogen (secondary N) is 1. The molecule has 8 nitrogen and oxygen atoms in total. The van der Waals surface area contributed by atoms with Gasteiger partial charge in [0, 0.05) is 23.8 Å². The zero-order valence-corrected chi connectivity index (χ0v) is 24.7. The quantitative estimate of drug-likeness (QED) is 0.384. The van der Waals surface area contributed by atoms with E-state index in [-0.39, 0.29) is 23.6 Å². The summed E-state index contributed by atoms with van der Waals surface area (Å²) in [5.41, 5.74) is 4.35. The van der Waals surface area contributed by atoms with Gasteiger partial charge in [-0.15, -0.1) is 0 Å². The number of amides is 4. The fourth-order valence-electron chi connectivity index (χ4n) is 4.97. The zero-order valence-electron chi connectivity index (χ0n) is 24.0. The van der Waals surface area contributed by atoms with Crippen LogP contribution in [0.25, 0.3) is 0 Å². The molecule has 0 fully saturated rings. The van der Waals surface area contributed by atoms with Gasteiger partial charge < -0.3 is 19.9 Å². The summed E-state index contributed by atoms with van der Waals surface area (Å²) in [6.07, 6.45) is 0.172. The van der Waals surface area contributed by atoms with Crippen LogP contribution in [0.2, 0.25) is 5.02 Å². The molecule has 9 heteroatoms. The van der Waals surface area contributed by atoms with Crippen LogP contribution in [0.15, 0.2) is 64.8 Å². The van der Waals surface area contributed by atoms with Crippen molar-refractivity contribution >= 4 is 35.3 Å². The first-order chi connectivity index (χ1) is 18.8. The van der Waals surface area contributed by atoms with Crippen molar-refractivity contribution in [2.75, 3.05) is 19.6 Å². The monoisotopic (exact) mass is 564 g/mol. The second-order valence-electron chi connectivity index (χ2n) is 11.5. The molecule has 1 atom stereocenters. The normalized spacial score (nSPS) is 17.9. The molecule has 0 bridgehead atoms. The van der Waals surface area contributed by atoms with Gasteiger partial charge in [0.15, 0.2) is 0 Å². The maximum Gasteiger partial charge on any atom is 0.344 e. The molecule has 0 aromatic heterocycles. The number of hydrogen-bond donors (Lipinski definition) is 1. The van der Waals surface area contributed by atoms with Gasteiger partial charge in [-0.2, -0.15) is 4.99 Å². The van der Waals surface area contributed by atoms with E-state index in [1.807, 2.05) is 18.2 Å². The molecule has 4 amide bonds. The van der Waals surface area contributed by atoms with Crippen LogP contribution in [-0.2, 0) is 14.9 Å². The first-order valence-corrected chi connectivity index (χ1v) is 13.9. The van der Waals surface area contributed by atoms with Gasteiger partial charge in [0.25, 0.3) is 0 Å². The van der Waals surface area contributed by atoms with Gasteiger partial charge in [-0.25, -0.2) is 14.4 Å². The van der Waals surface area contributed by atoms with E-state index in [2.05, 4.69) is 43.2 Å². The average molecular weight is 565 g/mol. The summed E-state index contributed by atoms with van der Waals surface area (Å²) in [7, 11) is 0. The van der Waals surface area contributed by atoms with E-state index in [0.29, 0.717) is 47.9 Å². The van der Waals surface area contributed by atoms with Crippen molar-refractivity contribution in [3.63, 3.8) is 0 Å². The maximum atomic E-state index is 13.2. The van der Waals surface area contributed by atoms with Crippen molar-refractivity contribution in [2.45, 2.75) is 65.5 Å². The molecule has 0 radical (unpaired) electrons. The average Bonchev–Trinajstić information content (AvgIpc) is 3.24. The molecular weight excluding hydrogens is 528 g/mol. The summed E-state index contributed by atoms with van der Waals surface area (Å²) in [5, 5.41) is 3.31. The molecule has 212 valence electrons. The van der Waals surface area contributed by atoms with Crippen molar-refractivity contribution in [1.82, 2.24) is 15.1 Å². The fourth-order valence-corrected chi connectivity index (χ4v) is 5.17. The molecule has 4 rings (SSSR count). The Kier molecular flexibility index (Phi) is 8.68. The van der Waals surface area contributed by atoms with E-state index >= 15 is 0 Å². The van der Waals surface area contributed by atoms with E-state index in [9.17, 15) is 14.4 Å². The molecule has 0 aliphatic carbocycles. The number of carbonyl (C=O) groups is 3. The number of allylic oxidation sites excluding steroid dienone is 1. The minimum absolute atomic E-state index is 0.0132. The van der Waals surface area contributed by atoms with Crippen molar-refractivity contribution in [2.24, 2.45) is 4.99 Å². The van der Waals surface area contributed by atoms with E-state index < -0.39 is 12.0 Å². The largest absolute Gasteiger partial charge is 0.459 e. The van der Waals surface area contributed by atoms with Crippen LogP contribution in [0.4, 0.5) is 9.59 Å². The molecule has 2 heterocycles. The van der Waals surface area contributed by atoms with Gasteiger partial charge in [0.05, 0.1) is 30.0 Å². The first kappa shape index (κ1) is 29.3. The molecule has 2 aliphatic heterocycles. The molecule has 0 saturated carbocycles. The molecule has 0 saturated heterocycles. The standard InChI is InChI=1S/C31H37ClN4O4/c1-19(2)40-28(37)26-20(3)33-30(39)36(27(26)22-11-8-13-24(32)17-22)15-9-14-35-18-25(34-29(35)38)21-10-7-12-23(16-21)31(4,5)6/h7-8,10-13,16-17,19,27H,9,14-15,18H2,1-6H3,(H,33,39). The molecule has 2 aromatic carbocycles. The number of carbonyl (C=O) groups excluding carboxylic acids is 3. The van der Waals surface area contributed by atoms with Gasteiger partial charge in [-0.3, -0.25) is 0 Å². The predicted molar refractivity (Wildman–Crippen MR) is 157 cm³/mol. The zero-order chi connectivity index (χ0) is 29.2. The number of nitrogens with zero attached hydrogens (tertiary/aromatic N) is 3. The molecule has 40 heavy (non-hydrogen) atoms. The topological polar surface area (TPSA) is 91.3 Å². The van der Waals surface area contributed by atoms with Crippen LogP contribution in [0, 0.1) is 0 Å². The second-order valence-corrected chi connectivity index (χ2v) is 12.0. The molecule has 0 spiro atoms. The Morgan fingerprint density at radius 1 is 1.12 bits per heavy atom. The summed E-state index contributed by atoms with van der Waals surface area (Å²) in [6.45, 7) is 12.8. The van der Waals surface area contributed by atoms with E-state index in [0.717, 1.165) is 11.3 Å². The number of esters is 1. The molecule has 1 N–H and O–H groups in total. The van der Waals surface area contributed by atoms with E-state index in [4.69, 9.17) is 16.3 Å². The molecule has 2 aliphatic rings. The third-order valence-electron chi connectivity index (χ3n) is 7.00. The van der Waals surface area contributed by atoms with Crippen LogP contribution < -0.4 is 5.32 Å². The number of urea groups is 2. The number of hydrogen-bond acceptors (Lipinski definition) is 4. The minimum Gasteiger partial charge on any atom is -0.459 e. The highest BCUT2D eigenvalue weighted by molar-refractivity contribution is 6.30. The summed E-state index contributed by atoms with van der Waals surface area (Å²) in [4.78, 5) is 46.7. The van der Waals surface area contributed by atoms with Gasteiger partial charge in [-0.1, -0.05) is 62.7 Å². The Hall–Kier alpha value is -3.65. The predicted octanol–water partition coefficient (Wildman–Crippen LogP) is 6.24. The Labute approximate surface area is 241 Å². The van der Waals surface area contributed by atoms with Crippen LogP contribution >= 0.6 is 11.6 Å². The third kappa shape index (κ3) is 6.55. The summed E-state index contributed by atoms with van der Waals surface area (Å²) >= 11 is 6.29. The van der Waals surface area contributed by atoms with Crippen molar-refractivity contribution in [1.29, 1.82) is 0 Å². The summed E-state index contributed by atoms with van der Waals surface area (Å²) < 4.78 is 5.53. The number of halogens is 1. The van der Waals surface area contributed by atoms with E-state index in [1.165, 1.54) is 5.56 Å². The maximum absolute atomic E-state index is 13.2. The number of ether oxygens (including phenoxy) is 1. The highest BCUT2D eigenvalue weighted by atomic mass is 35.5. The highest BCUT2D eigenvalue weighted by Crippen LogP contribution is 2.35. The summed E-state index contributed by atoms with van der Waals surface area (Å²) in [5.74, 6) is -0.493. The van der Waals surface area contributed by atoms with Gasteiger partial charge in [-0.05, 0) is 67.5 Å². The molecule has 2 aromatic rings. The van der Waals surface area contributed by atoms with Crippen LogP contribution in [0.1, 0.15) is 70.7 Å². The fraction of sp³-hybridized carbons (Fsp3) is 0.419. The highest BCUT2D eigenvalue weighted by Gasteiger charge is 2.39. The van der Waals surface area contributed by atoms with Crippen molar-refractivity contribution in [3.05, 3.63) is 81.5 Å². The van der Waals surface area contributed by atoms with Crippen molar-refractivity contribution < 1.29 is 19.1 Å². The Balaban J connectivity index is 1.50. The Bertz CT molecular complexity index is 1380. The van der Waals surface area contributed by atoms with Crippen LogP contribution in [0.3, 0.4) is 0 Å². The molecule has 1 unspecified atom stereocenters. The number of benzene rings is 2. The lowest BCUT2D eigenvalue weighted by Gasteiger charge is -2.38. The van der Waals surface area contributed by atoms with Gasteiger partial charge in [0.1, 0.15) is 0 Å². The lowest BCUT2D eigenvalue weighted by molar-refractivity contribution is -0.143. The minimum atomic E-state index is -0.681. The molecular formula is C31H37ClN4O4. The second kappa shape index (κ2) is 11.8. The number of rotatable bonds is 8. The van der Waals surface area contributed by atoms with Crippen molar-refractivity contribution in [3.8, 4) is 0 Å². The first-order valence-electron chi connectivity index (χ1n) is 13.6. The summed E-state index contributed by atoms with van der Waals surface area (Å²) in [6, 6.07) is 14.0. The SMILES string of the molecule is CC1=C(C(=O)OC(C)C)C(c2cccc(Cl)c2)N(CCCN2CC(c3cccc(C(C)(C)C)c3)=NC2=O)C(=O)N1. The number of aliphatic imine (C=N–C) groups is 1. The lowest BCUT2D eigenvalue weighted by Crippen LogP contribution is -2.49. The van der Waals surface area contributed by atoms with Crippen LogP contribution in [-0.4, -0.2) is 59.3 Å². The van der Waals surface area contributed by atoms with Gasteiger partial charge >= 0.3 is 18.0 Å². The smallest absolute Gasteiger partial charge is 0.344 e. The lowest BCUT2D eigenvalue weighted by atomic mass is 9.86. The van der Waals surface area contributed by atoms with Crippen LogP contribution in [0.5, 0.6) is 0 Å². The van der Waals surface area contributed by atoms with Gasteiger partial charge in [0.2, 0.25) is 0 Å². The third-order valence-corrected chi connectivity index (χ3v) is 7.24.